The van der Waals surface area contributed by atoms with Crippen LogP contribution < -0.4 is 14.8 Å². The highest BCUT2D eigenvalue weighted by Gasteiger charge is 2.34. The maximum atomic E-state index is 6.10. The highest BCUT2D eigenvalue weighted by molar-refractivity contribution is 6.30. The van der Waals surface area contributed by atoms with Crippen LogP contribution in [0.25, 0.3) is 0 Å². The normalized spacial score (nSPS) is 18.1. The Morgan fingerprint density at radius 1 is 0.759 bits per heavy atom. The predicted octanol–water partition coefficient (Wildman–Crippen LogP) is 5.84. The minimum atomic E-state index is -0.141. The first kappa shape index (κ1) is 19.6. The highest BCUT2D eigenvalue weighted by Crippen LogP contribution is 2.40. The number of halogens is 2. The van der Waals surface area contributed by atoms with Gasteiger partial charge in [0.2, 0.25) is 0 Å². The zero-order valence-corrected chi connectivity index (χ0v) is 17.5. The monoisotopic (exact) mass is 426 g/mol. The van der Waals surface area contributed by atoms with Crippen LogP contribution in [-0.2, 0) is 0 Å². The van der Waals surface area contributed by atoms with Crippen LogP contribution in [0.15, 0.2) is 71.7 Å². The Morgan fingerprint density at radius 2 is 1.28 bits per heavy atom. The summed E-state index contributed by atoms with van der Waals surface area (Å²) in [6, 6.07) is 21.1. The standard InChI is InChI=1S/C23H20Cl2N2O2/c1-28-18-4-3-5-19(29-2)20(18)23-26-21(14-6-10-16(24)11-7-14)22(27-23)15-8-12-17(25)13-9-15/h3-13,21-22H,1-2H3,(H,26,27). The predicted molar refractivity (Wildman–Crippen MR) is 118 cm³/mol. The van der Waals surface area contributed by atoms with Crippen molar-refractivity contribution in [2.45, 2.75) is 12.1 Å². The average Bonchev–Trinajstić information content (AvgIpc) is 3.19. The van der Waals surface area contributed by atoms with Crippen molar-refractivity contribution in [3.63, 3.8) is 0 Å². The molecule has 0 aliphatic carbocycles. The lowest BCUT2D eigenvalue weighted by Gasteiger charge is -2.20. The molecule has 4 rings (SSSR count). The SMILES string of the molecule is COc1cccc(OC)c1C1=NC(c2ccc(Cl)cc2)C(c2ccc(Cl)cc2)N1. The second-order valence-electron chi connectivity index (χ2n) is 6.69. The van der Waals surface area contributed by atoms with E-state index < -0.39 is 0 Å². The van der Waals surface area contributed by atoms with E-state index in [4.69, 9.17) is 37.7 Å². The van der Waals surface area contributed by atoms with Crippen LogP contribution in [-0.4, -0.2) is 20.1 Å². The van der Waals surface area contributed by atoms with E-state index in [-0.39, 0.29) is 12.1 Å². The molecular weight excluding hydrogens is 407 g/mol. The maximum absolute atomic E-state index is 6.10. The van der Waals surface area contributed by atoms with Gasteiger partial charge in [-0.2, -0.15) is 0 Å². The second-order valence-corrected chi connectivity index (χ2v) is 7.56. The van der Waals surface area contributed by atoms with E-state index >= 15 is 0 Å². The third-order valence-electron chi connectivity index (χ3n) is 4.98. The molecule has 1 N–H and O–H groups in total. The minimum Gasteiger partial charge on any atom is -0.496 e. The smallest absolute Gasteiger partial charge is 0.137 e. The number of nitrogens with one attached hydrogen (secondary N) is 1. The number of rotatable bonds is 5. The fourth-order valence-corrected chi connectivity index (χ4v) is 3.81. The average molecular weight is 427 g/mol. The van der Waals surface area contributed by atoms with Crippen LogP contribution in [0, 0.1) is 0 Å². The first-order chi connectivity index (χ1) is 14.1. The summed E-state index contributed by atoms with van der Waals surface area (Å²) in [7, 11) is 3.28. The van der Waals surface area contributed by atoms with Crippen molar-refractivity contribution in [3.8, 4) is 11.5 Å². The molecule has 148 valence electrons. The van der Waals surface area contributed by atoms with Crippen LogP contribution in [0.4, 0.5) is 0 Å². The van der Waals surface area contributed by atoms with E-state index in [1.165, 1.54) is 0 Å². The van der Waals surface area contributed by atoms with Gasteiger partial charge in [-0.3, -0.25) is 4.99 Å². The second kappa shape index (κ2) is 8.36. The lowest BCUT2D eigenvalue weighted by Crippen LogP contribution is -2.25. The molecule has 0 saturated heterocycles. The number of hydrogen-bond donors (Lipinski definition) is 1. The zero-order valence-electron chi connectivity index (χ0n) is 16.0. The van der Waals surface area contributed by atoms with Gasteiger partial charge in [-0.15, -0.1) is 0 Å². The molecule has 0 saturated carbocycles. The summed E-state index contributed by atoms with van der Waals surface area (Å²) < 4.78 is 11.2. The van der Waals surface area contributed by atoms with Crippen molar-refractivity contribution in [2.24, 2.45) is 4.99 Å². The lowest BCUT2D eigenvalue weighted by molar-refractivity contribution is 0.392. The molecule has 1 heterocycles. The number of nitrogens with zero attached hydrogens (tertiary/aromatic N) is 1. The molecule has 0 aromatic heterocycles. The molecule has 0 spiro atoms. The van der Waals surface area contributed by atoms with Crippen LogP contribution in [0.5, 0.6) is 11.5 Å². The van der Waals surface area contributed by atoms with Crippen LogP contribution >= 0.6 is 23.2 Å². The van der Waals surface area contributed by atoms with E-state index in [0.29, 0.717) is 21.5 Å². The van der Waals surface area contributed by atoms with E-state index in [1.807, 2.05) is 66.7 Å². The Kier molecular flexibility index (Phi) is 5.65. The first-order valence-electron chi connectivity index (χ1n) is 9.17. The number of aliphatic imine (C=N–C) groups is 1. The Hall–Kier alpha value is -2.69. The minimum absolute atomic E-state index is 0.0712. The molecule has 4 nitrogen and oxygen atoms in total. The van der Waals surface area contributed by atoms with Gasteiger partial charge in [-0.1, -0.05) is 53.5 Å². The maximum Gasteiger partial charge on any atom is 0.137 e. The van der Waals surface area contributed by atoms with Gasteiger partial charge in [0.25, 0.3) is 0 Å². The van der Waals surface area contributed by atoms with Crippen LogP contribution in [0.3, 0.4) is 0 Å². The van der Waals surface area contributed by atoms with Crippen molar-refractivity contribution in [3.05, 3.63) is 93.5 Å². The Bertz CT molecular complexity index is 1010. The molecule has 2 unspecified atom stereocenters. The molecule has 1 aliphatic rings. The summed E-state index contributed by atoms with van der Waals surface area (Å²) in [4.78, 5) is 5.03. The van der Waals surface area contributed by atoms with E-state index in [1.54, 1.807) is 14.2 Å². The largest absolute Gasteiger partial charge is 0.496 e. The topological polar surface area (TPSA) is 42.9 Å². The van der Waals surface area contributed by atoms with Gasteiger partial charge < -0.3 is 14.8 Å². The molecule has 0 amide bonds. The highest BCUT2D eigenvalue weighted by atomic mass is 35.5. The van der Waals surface area contributed by atoms with Crippen LogP contribution in [0.2, 0.25) is 10.0 Å². The first-order valence-corrected chi connectivity index (χ1v) is 9.93. The van der Waals surface area contributed by atoms with Gasteiger partial charge in [0.15, 0.2) is 0 Å². The number of methoxy groups -OCH3 is 2. The number of amidine groups is 1. The lowest BCUT2D eigenvalue weighted by atomic mass is 9.95. The number of ether oxygens (including phenoxy) is 2. The van der Waals surface area contributed by atoms with Gasteiger partial charge >= 0.3 is 0 Å². The molecular formula is C23H20Cl2N2O2. The van der Waals surface area contributed by atoms with Crippen molar-refractivity contribution >= 4 is 29.0 Å². The van der Waals surface area contributed by atoms with Gasteiger partial charge in [0.1, 0.15) is 28.9 Å². The molecule has 6 heteroatoms. The van der Waals surface area contributed by atoms with Crippen molar-refractivity contribution in [2.75, 3.05) is 14.2 Å². The zero-order chi connectivity index (χ0) is 20.4. The summed E-state index contributed by atoms with van der Waals surface area (Å²) in [6.07, 6.45) is 0. The van der Waals surface area contributed by atoms with Gasteiger partial charge in [0, 0.05) is 10.0 Å². The molecule has 3 aromatic carbocycles. The summed E-state index contributed by atoms with van der Waals surface area (Å²) in [5.74, 6) is 2.11. The third-order valence-corrected chi connectivity index (χ3v) is 5.49. The molecule has 0 bridgehead atoms. The Labute approximate surface area is 180 Å². The molecule has 0 radical (unpaired) electrons. The van der Waals surface area contributed by atoms with Crippen LogP contribution in [0.1, 0.15) is 28.8 Å². The van der Waals surface area contributed by atoms with Gasteiger partial charge in [0.05, 0.1) is 20.3 Å². The fourth-order valence-electron chi connectivity index (χ4n) is 3.56. The fraction of sp³-hybridized carbons (Fsp3) is 0.174. The van der Waals surface area contributed by atoms with Crippen molar-refractivity contribution in [1.29, 1.82) is 0 Å². The molecule has 3 aromatic rings. The molecule has 1 aliphatic heterocycles. The van der Waals surface area contributed by atoms with E-state index in [0.717, 1.165) is 22.5 Å². The summed E-state index contributed by atoms with van der Waals surface area (Å²) in [6.45, 7) is 0. The number of hydrogen-bond acceptors (Lipinski definition) is 4. The van der Waals surface area contributed by atoms with Crippen molar-refractivity contribution in [1.82, 2.24) is 5.32 Å². The van der Waals surface area contributed by atoms with Gasteiger partial charge in [-0.05, 0) is 47.5 Å². The molecule has 0 fully saturated rings. The summed E-state index contributed by atoms with van der Waals surface area (Å²) >= 11 is 12.2. The summed E-state index contributed by atoms with van der Waals surface area (Å²) in [5, 5.41) is 4.96. The third kappa shape index (κ3) is 3.91. The van der Waals surface area contributed by atoms with Gasteiger partial charge in [-0.25, -0.2) is 0 Å². The number of benzene rings is 3. The van der Waals surface area contributed by atoms with E-state index in [9.17, 15) is 0 Å². The van der Waals surface area contributed by atoms with Crippen molar-refractivity contribution < 1.29 is 9.47 Å². The summed E-state index contributed by atoms with van der Waals surface area (Å²) in [5.41, 5.74) is 2.95. The quantitative estimate of drug-likeness (QED) is 0.556. The Balaban J connectivity index is 1.81. The van der Waals surface area contributed by atoms with E-state index in [2.05, 4.69) is 5.32 Å². The molecule has 29 heavy (non-hydrogen) atoms. The molecule has 2 atom stereocenters. The Morgan fingerprint density at radius 3 is 1.79 bits per heavy atom.